The van der Waals surface area contributed by atoms with Gasteiger partial charge < -0.3 is 4.42 Å². The number of amides is 1. The van der Waals surface area contributed by atoms with Crippen LogP contribution < -0.4 is 5.43 Å². The summed E-state index contributed by atoms with van der Waals surface area (Å²) in [7, 11) is 0. The van der Waals surface area contributed by atoms with Gasteiger partial charge in [-0.1, -0.05) is 0 Å². The van der Waals surface area contributed by atoms with Gasteiger partial charge in [0.1, 0.15) is 11.5 Å². The van der Waals surface area contributed by atoms with Crippen LogP contribution in [0.5, 0.6) is 0 Å². The van der Waals surface area contributed by atoms with Crippen LogP contribution in [0.15, 0.2) is 52.1 Å². The Balaban J connectivity index is 1.92. The highest BCUT2D eigenvalue weighted by Gasteiger charge is 2.04. The summed E-state index contributed by atoms with van der Waals surface area (Å²) < 4.78 is 5.16. The third-order valence-corrected chi connectivity index (χ3v) is 2.14. The topological polar surface area (TPSA) is 80.4 Å². The van der Waals surface area contributed by atoms with Gasteiger partial charge in [-0.3, -0.25) is 9.78 Å². The van der Waals surface area contributed by atoms with E-state index >= 15 is 0 Å². The van der Waals surface area contributed by atoms with Gasteiger partial charge in [0.15, 0.2) is 0 Å². The summed E-state index contributed by atoms with van der Waals surface area (Å²) in [5.74, 6) is 0.319. The van der Waals surface area contributed by atoms with Crippen LogP contribution in [-0.4, -0.2) is 22.1 Å². The maximum Gasteiger partial charge on any atom is 0.291 e. The first kappa shape index (κ1) is 12.7. The van der Waals surface area contributed by atoms with E-state index < -0.39 is 5.91 Å². The van der Waals surface area contributed by atoms with Crippen molar-refractivity contribution >= 4 is 18.2 Å². The summed E-state index contributed by atoms with van der Waals surface area (Å²) in [6.45, 7) is 1.85. The molecule has 0 saturated carbocycles. The van der Waals surface area contributed by atoms with Gasteiger partial charge in [0, 0.05) is 12.4 Å². The van der Waals surface area contributed by atoms with Crippen LogP contribution >= 0.6 is 0 Å². The van der Waals surface area contributed by atoms with Gasteiger partial charge >= 0.3 is 0 Å². The van der Waals surface area contributed by atoms with Crippen LogP contribution in [0, 0.1) is 0 Å². The Morgan fingerprint density at radius 2 is 2.37 bits per heavy atom. The number of furan rings is 1. The van der Waals surface area contributed by atoms with E-state index in [-0.39, 0.29) is 5.69 Å². The fraction of sp³-hybridized carbons (Fsp3) is 0.0769. The third-order valence-electron chi connectivity index (χ3n) is 2.14. The molecule has 0 spiro atoms. The molecule has 0 aliphatic heterocycles. The highest BCUT2D eigenvalue weighted by atomic mass is 16.3. The number of hydrogen-bond donors (Lipinski definition) is 1. The van der Waals surface area contributed by atoms with Crippen LogP contribution in [0.1, 0.15) is 23.2 Å². The van der Waals surface area contributed by atoms with Crippen molar-refractivity contribution in [2.24, 2.45) is 5.10 Å². The fourth-order valence-electron chi connectivity index (χ4n) is 1.30. The zero-order valence-corrected chi connectivity index (χ0v) is 10.3. The Hall–Kier alpha value is -2.76. The highest BCUT2D eigenvalue weighted by molar-refractivity contribution is 5.93. The number of hydrazone groups is 1. The zero-order valence-electron chi connectivity index (χ0n) is 10.3. The molecular formula is C13H12N4O2. The molecule has 0 unspecified atom stereocenters. The van der Waals surface area contributed by atoms with Gasteiger partial charge in [0.25, 0.3) is 5.91 Å². The van der Waals surface area contributed by atoms with Gasteiger partial charge in [-0.2, -0.15) is 5.10 Å². The molecule has 0 bridgehead atoms. The molecule has 0 aliphatic carbocycles. The van der Waals surface area contributed by atoms with Crippen molar-refractivity contribution in [3.8, 4) is 0 Å². The van der Waals surface area contributed by atoms with Crippen molar-refractivity contribution in [2.45, 2.75) is 6.92 Å². The van der Waals surface area contributed by atoms with Gasteiger partial charge in [-0.05, 0) is 30.7 Å². The van der Waals surface area contributed by atoms with E-state index in [2.05, 4.69) is 20.5 Å². The van der Waals surface area contributed by atoms with Crippen molar-refractivity contribution in [3.05, 3.63) is 54.0 Å². The quantitative estimate of drug-likeness (QED) is 0.669. The molecule has 2 aromatic heterocycles. The van der Waals surface area contributed by atoms with Gasteiger partial charge in [-0.15, -0.1) is 0 Å². The molecule has 0 radical (unpaired) electrons. The molecule has 96 valence electrons. The first-order valence-electron chi connectivity index (χ1n) is 5.57. The number of allylic oxidation sites excluding steroid dienone is 1. The minimum Gasteiger partial charge on any atom is -0.465 e. The molecule has 2 rings (SSSR count). The Morgan fingerprint density at radius 3 is 3.05 bits per heavy atom. The summed E-state index contributed by atoms with van der Waals surface area (Å²) in [4.78, 5) is 19.2. The van der Waals surface area contributed by atoms with Crippen molar-refractivity contribution in [3.63, 3.8) is 0 Å². The van der Waals surface area contributed by atoms with E-state index in [1.165, 1.54) is 24.8 Å². The lowest BCUT2D eigenvalue weighted by atomic mass is 10.3. The second kappa shape index (κ2) is 6.25. The summed E-state index contributed by atoms with van der Waals surface area (Å²) in [5, 5.41) is 3.83. The van der Waals surface area contributed by atoms with Crippen LogP contribution in [-0.2, 0) is 0 Å². The van der Waals surface area contributed by atoms with Crippen molar-refractivity contribution in [1.29, 1.82) is 0 Å². The average Bonchev–Trinajstić information content (AvgIpc) is 2.92. The summed E-state index contributed by atoms with van der Waals surface area (Å²) in [6, 6.07) is 3.63. The average molecular weight is 256 g/mol. The number of carbonyl (C=O) groups is 1. The summed E-state index contributed by atoms with van der Waals surface area (Å²) in [6.07, 6.45) is 9.23. The van der Waals surface area contributed by atoms with Crippen molar-refractivity contribution in [2.75, 3.05) is 0 Å². The lowest BCUT2D eigenvalue weighted by molar-refractivity contribution is 0.0949. The van der Waals surface area contributed by atoms with E-state index in [4.69, 9.17) is 4.42 Å². The smallest absolute Gasteiger partial charge is 0.291 e. The van der Waals surface area contributed by atoms with E-state index in [1.807, 2.05) is 13.0 Å². The molecule has 1 N–H and O–H groups in total. The largest absolute Gasteiger partial charge is 0.465 e. The van der Waals surface area contributed by atoms with Crippen LogP contribution in [0.3, 0.4) is 0 Å². The molecule has 6 nitrogen and oxygen atoms in total. The molecule has 0 saturated heterocycles. The minimum absolute atomic E-state index is 0.215. The maximum absolute atomic E-state index is 11.6. The lowest BCUT2D eigenvalue weighted by Gasteiger charge is -1.97. The van der Waals surface area contributed by atoms with Gasteiger partial charge in [0.05, 0.1) is 18.7 Å². The predicted octanol–water partition coefficient (Wildman–Crippen LogP) is 1.89. The SMILES string of the molecule is C/C(C=NNC(=O)c1cnccn1)=C/c1ccco1. The molecule has 6 heteroatoms. The molecular weight excluding hydrogens is 244 g/mol. The second-order valence-corrected chi connectivity index (χ2v) is 3.69. The molecule has 0 fully saturated rings. The fourth-order valence-corrected chi connectivity index (χ4v) is 1.30. The maximum atomic E-state index is 11.6. The normalized spacial score (nSPS) is 11.7. The Morgan fingerprint density at radius 1 is 1.47 bits per heavy atom. The Labute approximate surface area is 109 Å². The molecule has 2 heterocycles. The number of rotatable bonds is 4. The first-order chi connectivity index (χ1) is 9.25. The van der Waals surface area contributed by atoms with E-state index in [0.717, 1.165) is 11.3 Å². The monoisotopic (exact) mass is 256 g/mol. The van der Waals surface area contributed by atoms with Crippen LogP contribution in [0.4, 0.5) is 0 Å². The number of nitrogens with zero attached hydrogens (tertiary/aromatic N) is 3. The molecule has 1 amide bonds. The van der Waals surface area contributed by atoms with Gasteiger partial charge in [-0.25, -0.2) is 10.4 Å². The van der Waals surface area contributed by atoms with Crippen molar-refractivity contribution in [1.82, 2.24) is 15.4 Å². The van der Waals surface area contributed by atoms with E-state index in [0.29, 0.717) is 0 Å². The minimum atomic E-state index is -0.407. The Kier molecular flexibility index (Phi) is 4.17. The number of nitrogens with one attached hydrogen (secondary N) is 1. The molecule has 0 aliphatic rings. The molecule has 0 aromatic carbocycles. The zero-order chi connectivity index (χ0) is 13.5. The molecule has 0 atom stereocenters. The number of hydrogen-bond acceptors (Lipinski definition) is 5. The van der Waals surface area contributed by atoms with E-state index in [9.17, 15) is 4.79 Å². The second-order valence-electron chi connectivity index (χ2n) is 3.69. The Bertz CT molecular complexity index is 588. The predicted molar refractivity (Wildman–Crippen MR) is 70.3 cm³/mol. The number of carbonyl (C=O) groups excluding carboxylic acids is 1. The molecule has 2 aromatic rings. The van der Waals surface area contributed by atoms with E-state index in [1.54, 1.807) is 18.4 Å². The lowest BCUT2D eigenvalue weighted by Crippen LogP contribution is -2.19. The van der Waals surface area contributed by atoms with Crippen LogP contribution in [0.2, 0.25) is 0 Å². The van der Waals surface area contributed by atoms with Crippen LogP contribution in [0.25, 0.3) is 6.08 Å². The first-order valence-corrected chi connectivity index (χ1v) is 5.57. The summed E-state index contributed by atoms with van der Waals surface area (Å²) >= 11 is 0. The van der Waals surface area contributed by atoms with Crippen molar-refractivity contribution < 1.29 is 9.21 Å². The standard InChI is InChI=1S/C13H12N4O2/c1-10(7-11-3-2-6-19-11)8-16-17-13(18)12-9-14-4-5-15-12/h2-9H,1H3,(H,17,18)/b10-7-,16-8?. The highest BCUT2D eigenvalue weighted by Crippen LogP contribution is 2.05. The van der Waals surface area contributed by atoms with Gasteiger partial charge in [0.2, 0.25) is 0 Å². The number of aromatic nitrogens is 2. The summed E-state index contributed by atoms with van der Waals surface area (Å²) in [5.41, 5.74) is 3.42. The molecule has 19 heavy (non-hydrogen) atoms. The third kappa shape index (κ3) is 3.88.